The normalized spacial score (nSPS) is 11.6. The highest BCUT2D eigenvalue weighted by Crippen LogP contribution is 2.19. The van der Waals surface area contributed by atoms with Gasteiger partial charge in [-0.15, -0.1) is 11.8 Å². The van der Waals surface area contributed by atoms with Gasteiger partial charge in [0.15, 0.2) is 0 Å². The first kappa shape index (κ1) is 15.0. The summed E-state index contributed by atoms with van der Waals surface area (Å²) in [6.45, 7) is 8.03. The number of thioether (sulfide) groups is 1. The lowest BCUT2D eigenvalue weighted by atomic mass is 10.1. The lowest BCUT2D eigenvalue weighted by molar-refractivity contribution is -0.120. The van der Waals surface area contributed by atoms with E-state index in [2.05, 4.69) is 10.5 Å². The van der Waals surface area contributed by atoms with Crippen molar-refractivity contribution in [3.05, 3.63) is 17.0 Å². The van der Waals surface area contributed by atoms with Crippen molar-refractivity contribution in [3.8, 4) is 0 Å². The molecule has 0 saturated heterocycles. The molecule has 1 aromatic heterocycles. The van der Waals surface area contributed by atoms with Crippen molar-refractivity contribution in [3.63, 3.8) is 0 Å². The fourth-order valence-electron chi connectivity index (χ4n) is 1.42. The SMILES string of the molecule is Cc1noc(C)c1CSCC(=O)NC(C)(C)CN. The van der Waals surface area contributed by atoms with E-state index in [4.69, 9.17) is 10.3 Å². The standard InChI is InChI=1S/C12H21N3O2S/c1-8-10(9(2)17-15-8)5-18-6-11(16)14-12(3,4)7-13/h5-7,13H2,1-4H3,(H,14,16). The highest BCUT2D eigenvalue weighted by Gasteiger charge is 2.18. The van der Waals surface area contributed by atoms with E-state index in [1.165, 1.54) is 0 Å². The molecule has 6 heteroatoms. The summed E-state index contributed by atoms with van der Waals surface area (Å²) >= 11 is 1.55. The Labute approximate surface area is 112 Å². The molecule has 0 atom stereocenters. The zero-order valence-electron chi connectivity index (χ0n) is 11.4. The highest BCUT2D eigenvalue weighted by molar-refractivity contribution is 7.99. The Morgan fingerprint density at radius 2 is 2.17 bits per heavy atom. The van der Waals surface area contributed by atoms with Crippen LogP contribution < -0.4 is 11.1 Å². The Morgan fingerprint density at radius 3 is 2.67 bits per heavy atom. The minimum Gasteiger partial charge on any atom is -0.361 e. The molecule has 5 nitrogen and oxygen atoms in total. The van der Waals surface area contributed by atoms with Gasteiger partial charge in [-0.05, 0) is 27.7 Å². The second-order valence-electron chi connectivity index (χ2n) is 4.93. The van der Waals surface area contributed by atoms with E-state index in [1.807, 2.05) is 27.7 Å². The van der Waals surface area contributed by atoms with E-state index in [9.17, 15) is 4.79 Å². The van der Waals surface area contributed by atoms with Crippen LogP contribution in [0.25, 0.3) is 0 Å². The molecule has 18 heavy (non-hydrogen) atoms. The van der Waals surface area contributed by atoms with Crippen LogP contribution in [0.5, 0.6) is 0 Å². The van der Waals surface area contributed by atoms with Gasteiger partial charge in [0.25, 0.3) is 0 Å². The number of nitrogens with zero attached hydrogens (tertiary/aromatic N) is 1. The Bertz CT molecular complexity index is 396. The fourth-order valence-corrected chi connectivity index (χ4v) is 2.39. The maximum atomic E-state index is 11.7. The third kappa shape index (κ3) is 4.34. The van der Waals surface area contributed by atoms with Crippen molar-refractivity contribution in [2.24, 2.45) is 5.73 Å². The summed E-state index contributed by atoms with van der Waals surface area (Å²) in [6, 6.07) is 0. The van der Waals surface area contributed by atoms with Gasteiger partial charge in [-0.1, -0.05) is 5.16 Å². The molecule has 0 fully saturated rings. The predicted octanol–water partition coefficient (Wildman–Crippen LogP) is 1.38. The molecule has 0 aliphatic heterocycles. The van der Waals surface area contributed by atoms with Crippen molar-refractivity contribution in [1.82, 2.24) is 10.5 Å². The van der Waals surface area contributed by atoms with Gasteiger partial charge in [0.05, 0.1) is 11.4 Å². The second-order valence-corrected chi connectivity index (χ2v) is 5.92. The van der Waals surface area contributed by atoms with Gasteiger partial charge in [-0.2, -0.15) is 0 Å². The molecule has 0 aliphatic carbocycles. The third-order valence-electron chi connectivity index (χ3n) is 2.65. The first-order chi connectivity index (χ1) is 8.35. The van der Waals surface area contributed by atoms with E-state index in [0.717, 1.165) is 22.8 Å². The van der Waals surface area contributed by atoms with Gasteiger partial charge in [0, 0.05) is 23.4 Å². The van der Waals surface area contributed by atoms with Gasteiger partial charge in [-0.25, -0.2) is 0 Å². The van der Waals surface area contributed by atoms with Gasteiger partial charge in [0.2, 0.25) is 5.91 Å². The average molecular weight is 271 g/mol. The number of aromatic nitrogens is 1. The average Bonchev–Trinajstić information content (AvgIpc) is 2.60. The summed E-state index contributed by atoms with van der Waals surface area (Å²) < 4.78 is 5.07. The summed E-state index contributed by atoms with van der Waals surface area (Å²) in [5.74, 6) is 1.97. The van der Waals surface area contributed by atoms with Gasteiger partial charge in [-0.3, -0.25) is 4.79 Å². The minimum atomic E-state index is -0.347. The van der Waals surface area contributed by atoms with Crippen LogP contribution in [0.3, 0.4) is 0 Å². The van der Waals surface area contributed by atoms with E-state index in [0.29, 0.717) is 12.3 Å². The van der Waals surface area contributed by atoms with E-state index in [1.54, 1.807) is 11.8 Å². The van der Waals surface area contributed by atoms with E-state index in [-0.39, 0.29) is 11.4 Å². The topological polar surface area (TPSA) is 81.2 Å². The molecule has 1 aromatic rings. The summed E-state index contributed by atoms with van der Waals surface area (Å²) in [7, 11) is 0. The molecule has 0 saturated carbocycles. The summed E-state index contributed by atoms with van der Waals surface area (Å²) in [6.07, 6.45) is 0. The molecule has 0 aromatic carbocycles. The first-order valence-electron chi connectivity index (χ1n) is 5.86. The Hall–Kier alpha value is -1.01. The predicted molar refractivity (Wildman–Crippen MR) is 73.4 cm³/mol. The molecule has 0 spiro atoms. The van der Waals surface area contributed by atoms with Gasteiger partial charge >= 0.3 is 0 Å². The van der Waals surface area contributed by atoms with Gasteiger partial charge < -0.3 is 15.6 Å². The summed E-state index contributed by atoms with van der Waals surface area (Å²) in [5.41, 5.74) is 7.18. The van der Waals surface area contributed by atoms with Crippen LogP contribution in [0.2, 0.25) is 0 Å². The molecule has 0 radical (unpaired) electrons. The number of amides is 1. The number of nitrogens with two attached hydrogens (primary N) is 1. The van der Waals surface area contributed by atoms with Crippen molar-refractivity contribution >= 4 is 17.7 Å². The van der Waals surface area contributed by atoms with E-state index >= 15 is 0 Å². The molecule has 0 unspecified atom stereocenters. The quantitative estimate of drug-likeness (QED) is 0.817. The molecule has 0 aliphatic rings. The fraction of sp³-hybridized carbons (Fsp3) is 0.667. The zero-order valence-corrected chi connectivity index (χ0v) is 12.2. The lowest BCUT2D eigenvalue weighted by Gasteiger charge is -2.24. The van der Waals surface area contributed by atoms with Crippen molar-refractivity contribution in [2.45, 2.75) is 39.0 Å². The van der Waals surface area contributed by atoms with Crippen LogP contribution in [0.4, 0.5) is 0 Å². The minimum absolute atomic E-state index is 0.00205. The molecule has 3 N–H and O–H groups in total. The molecule has 1 heterocycles. The Morgan fingerprint density at radius 1 is 1.50 bits per heavy atom. The second kappa shape index (κ2) is 6.24. The molecular weight excluding hydrogens is 250 g/mol. The van der Waals surface area contributed by atoms with Crippen LogP contribution in [-0.2, 0) is 10.5 Å². The maximum Gasteiger partial charge on any atom is 0.230 e. The van der Waals surface area contributed by atoms with Crippen LogP contribution in [0.1, 0.15) is 30.9 Å². The number of carbonyl (C=O) groups excluding carboxylic acids is 1. The monoisotopic (exact) mass is 271 g/mol. The van der Waals surface area contributed by atoms with Crippen LogP contribution in [0.15, 0.2) is 4.52 Å². The molecule has 1 amide bonds. The smallest absolute Gasteiger partial charge is 0.230 e. The molecule has 102 valence electrons. The Balaban J connectivity index is 2.37. The number of aryl methyl sites for hydroxylation is 2. The summed E-state index contributed by atoms with van der Waals surface area (Å²) in [5, 5.41) is 6.77. The summed E-state index contributed by atoms with van der Waals surface area (Å²) in [4.78, 5) is 11.7. The number of hydrogen-bond donors (Lipinski definition) is 2. The van der Waals surface area contributed by atoms with Crippen LogP contribution in [-0.4, -0.2) is 28.9 Å². The molecule has 0 bridgehead atoms. The molecule has 1 rings (SSSR count). The first-order valence-corrected chi connectivity index (χ1v) is 7.02. The number of rotatable bonds is 6. The largest absolute Gasteiger partial charge is 0.361 e. The van der Waals surface area contributed by atoms with Gasteiger partial charge in [0.1, 0.15) is 5.76 Å². The zero-order chi connectivity index (χ0) is 13.8. The Kier molecular flexibility index (Phi) is 5.22. The van der Waals surface area contributed by atoms with Crippen LogP contribution >= 0.6 is 11.8 Å². The lowest BCUT2D eigenvalue weighted by Crippen LogP contribution is -2.49. The van der Waals surface area contributed by atoms with Crippen molar-refractivity contribution in [2.75, 3.05) is 12.3 Å². The number of carbonyl (C=O) groups is 1. The van der Waals surface area contributed by atoms with Crippen LogP contribution in [0, 0.1) is 13.8 Å². The van der Waals surface area contributed by atoms with Crippen molar-refractivity contribution in [1.29, 1.82) is 0 Å². The number of nitrogens with one attached hydrogen (secondary N) is 1. The number of hydrogen-bond acceptors (Lipinski definition) is 5. The van der Waals surface area contributed by atoms with Crippen molar-refractivity contribution < 1.29 is 9.32 Å². The highest BCUT2D eigenvalue weighted by atomic mass is 32.2. The molecular formula is C12H21N3O2S. The maximum absolute atomic E-state index is 11.7. The third-order valence-corrected chi connectivity index (χ3v) is 3.61. The van der Waals surface area contributed by atoms with E-state index < -0.39 is 0 Å².